The Morgan fingerprint density at radius 2 is 2.04 bits per heavy atom. The van der Waals surface area contributed by atoms with Crippen molar-refractivity contribution in [3.05, 3.63) is 59.9 Å². The fraction of sp³-hybridized carbons (Fsp3) is 0.476. The standard InChI is InChI=1S/C21H29N3O/c1-3-25-21-8-6-18(7-9-21)16-24-12-10-20(17-24)15-23(2)14-19-5-4-11-22-13-19/h4-9,11,13,20H,3,10,12,14-17H2,1-2H3. The van der Waals surface area contributed by atoms with Crippen LogP contribution in [0.1, 0.15) is 24.5 Å². The van der Waals surface area contributed by atoms with Crippen molar-refractivity contribution in [1.29, 1.82) is 0 Å². The van der Waals surface area contributed by atoms with Gasteiger partial charge in [0.05, 0.1) is 6.61 Å². The summed E-state index contributed by atoms with van der Waals surface area (Å²) in [6, 6.07) is 12.7. The van der Waals surface area contributed by atoms with E-state index in [-0.39, 0.29) is 0 Å². The van der Waals surface area contributed by atoms with Crippen molar-refractivity contribution in [2.45, 2.75) is 26.4 Å². The van der Waals surface area contributed by atoms with Crippen LogP contribution < -0.4 is 4.74 Å². The highest BCUT2D eigenvalue weighted by Gasteiger charge is 2.23. The molecule has 25 heavy (non-hydrogen) atoms. The summed E-state index contributed by atoms with van der Waals surface area (Å²) in [7, 11) is 2.21. The van der Waals surface area contributed by atoms with Crippen LogP contribution >= 0.6 is 0 Å². The van der Waals surface area contributed by atoms with E-state index in [1.54, 1.807) is 0 Å². The van der Waals surface area contributed by atoms with E-state index in [0.717, 1.165) is 37.9 Å². The summed E-state index contributed by atoms with van der Waals surface area (Å²) in [4.78, 5) is 9.19. The second kappa shape index (κ2) is 8.97. The lowest BCUT2D eigenvalue weighted by Gasteiger charge is -2.21. The molecule has 1 aliphatic rings. The number of benzene rings is 1. The van der Waals surface area contributed by atoms with Crippen molar-refractivity contribution in [3.63, 3.8) is 0 Å². The van der Waals surface area contributed by atoms with Crippen LogP contribution in [0.15, 0.2) is 48.8 Å². The number of hydrogen-bond donors (Lipinski definition) is 0. The van der Waals surface area contributed by atoms with Crippen molar-refractivity contribution in [3.8, 4) is 5.75 Å². The van der Waals surface area contributed by atoms with Crippen LogP contribution in [-0.4, -0.2) is 48.1 Å². The molecule has 1 aromatic carbocycles. The summed E-state index contributed by atoms with van der Waals surface area (Å²) < 4.78 is 5.52. The normalized spacial score (nSPS) is 18.0. The van der Waals surface area contributed by atoms with Crippen molar-refractivity contribution in [2.24, 2.45) is 5.92 Å². The maximum absolute atomic E-state index is 5.52. The second-order valence-electron chi connectivity index (χ2n) is 7.02. The number of ether oxygens (including phenoxy) is 1. The predicted molar refractivity (Wildman–Crippen MR) is 102 cm³/mol. The summed E-state index contributed by atoms with van der Waals surface area (Å²) in [5.41, 5.74) is 2.65. The molecule has 4 nitrogen and oxygen atoms in total. The minimum absolute atomic E-state index is 0.722. The predicted octanol–water partition coefficient (Wildman–Crippen LogP) is 3.43. The van der Waals surface area contributed by atoms with E-state index in [4.69, 9.17) is 4.74 Å². The van der Waals surface area contributed by atoms with Gasteiger partial charge in [-0.3, -0.25) is 9.88 Å². The Bertz CT molecular complexity index is 629. The SMILES string of the molecule is CCOc1ccc(CN2CCC(CN(C)Cc3cccnc3)C2)cc1. The molecule has 1 saturated heterocycles. The molecule has 2 heterocycles. The first kappa shape index (κ1) is 17.9. The third kappa shape index (κ3) is 5.55. The van der Waals surface area contributed by atoms with Gasteiger partial charge in [-0.1, -0.05) is 18.2 Å². The third-order valence-electron chi connectivity index (χ3n) is 4.76. The molecule has 1 aliphatic heterocycles. The minimum atomic E-state index is 0.722. The highest BCUT2D eigenvalue weighted by molar-refractivity contribution is 5.27. The molecular weight excluding hydrogens is 310 g/mol. The average molecular weight is 339 g/mol. The lowest BCUT2D eigenvalue weighted by atomic mass is 10.1. The van der Waals surface area contributed by atoms with Gasteiger partial charge in [-0.2, -0.15) is 0 Å². The lowest BCUT2D eigenvalue weighted by Crippen LogP contribution is -2.28. The van der Waals surface area contributed by atoms with E-state index in [0.29, 0.717) is 0 Å². The van der Waals surface area contributed by atoms with Crippen LogP contribution in [0.3, 0.4) is 0 Å². The van der Waals surface area contributed by atoms with Crippen molar-refractivity contribution in [2.75, 3.05) is 33.3 Å². The minimum Gasteiger partial charge on any atom is -0.494 e. The fourth-order valence-corrected chi connectivity index (χ4v) is 3.63. The van der Waals surface area contributed by atoms with E-state index in [1.165, 1.54) is 30.6 Å². The fourth-order valence-electron chi connectivity index (χ4n) is 3.63. The smallest absolute Gasteiger partial charge is 0.119 e. The van der Waals surface area contributed by atoms with Gasteiger partial charge in [0.15, 0.2) is 0 Å². The molecule has 2 aromatic rings. The Kier molecular flexibility index (Phi) is 6.42. The number of likely N-dealkylation sites (tertiary alicyclic amines) is 1. The molecule has 0 radical (unpaired) electrons. The van der Waals surface area contributed by atoms with Gasteiger partial charge in [-0.05, 0) is 62.2 Å². The molecule has 0 saturated carbocycles. The van der Waals surface area contributed by atoms with Crippen LogP contribution in [0, 0.1) is 5.92 Å². The largest absolute Gasteiger partial charge is 0.494 e. The van der Waals surface area contributed by atoms with Gasteiger partial charge >= 0.3 is 0 Å². The topological polar surface area (TPSA) is 28.6 Å². The van der Waals surface area contributed by atoms with E-state index in [2.05, 4.69) is 52.2 Å². The van der Waals surface area contributed by atoms with E-state index >= 15 is 0 Å². The molecule has 1 unspecified atom stereocenters. The Balaban J connectivity index is 1.43. The first-order valence-corrected chi connectivity index (χ1v) is 9.24. The van der Waals surface area contributed by atoms with E-state index in [1.807, 2.05) is 25.4 Å². The number of rotatable bonds is 8. The first-order chi connectivity index (χ1) is 12.2. The second-order valence-corrected chi connectivity index (χ2v) is 7.02. The molecule has 0 spiro atoms. The van der Waals surface area contributed by atoms with E-state index in [9.17, 15) is 0 Å². The zero-order valence-corrected chi connectivity index (χ0v) is 15.4. The maximum atomic E-state index is 5.52. The van der Waals surface area contributed by atoms with Gasteiger partial charge in [-0.25, -0.2) is 0 Å². The summed E-state index contributed by atoms with van der Waals surface area (Å²) in [5.74, 6) is 1.71. The molecule has 134 valence electrons. The van der Waals surface area contributed by atoms with Gasteiger partial charge < -0.3 is 9.64 Å². The van der Waals surface area contributed by atoms with Crippen molar-refractivity contribution >= 4 is 0 Å². The summed E-state index contributed by atoms with van der Waals surface area (Å²) in [6.45, 7) is 8.28. The molecule has 0 bridgehead atoms. The Morgan fingerprint density at radius 1 is 1.20 bits per heavy atom. The van der Waals surface area contributed by atoms with E-state index < -0.39 is 0 Å². The molecule has 0 aliphatic carbocycles. The summed E-state index contributed by atoms with van der Waals surface area (Å²) in [5, 5.41) is 0. The van der Waals surface area contributed by atoms with Crippen molar-refractivity contribution < 1.29 is 4.74 Å². The Morgan fingerprint density at radius 3 is 2.76 bits per heavy atom. The Labute approximate surface area is 151 Å². The average Bonchev–Trinajstić information content (AvgIpc) is 3.04. The molecule has 0 N–H and O–H groups in total. The van der Waals surface area contributed by atoms with Crippen LogP contribution in [0.25, 0.3) is 0 Å². The van der Waals surface area contributed by atoms with Crippen LogP contribution in [0.4, 0.5) is 0 Å². The molecule has 1 aromatic heterocycles. The molecular formula is C21H29N3O. The molecule has 0 amide bonds. The molecule has 1 atom stereocenters. The lowest BCUT2D eigenvalue weighted by molar-refractivity contribution is 0.254. The third-order valence-corrected chi connectivity index (χ3v) is 4.76. The van der Waals surface area contributed by atoms with Crippen LogP contribution in [-0.2, 0) is 13.1 Å². The number of hydrogen-bond acceptors (Lipinski definition) is 4. The van der Waals surface area contributed by atoms with Crippen LogP contribution in [0.5, 0.6) is 5.75 Å². The van der Waals surface area contributed by atoms with Gasteiger partial charge in [-0.15, -0.1) is 0 Å². The van der Waals surface area contributed by atoms with Gasteiger partial charge in [0.25, 0.3) is 0 Å². The Hall–Kier alpha value is -1.91. The highest BCUT2D eigenvalue weighted by Crippen LogP contribution is 2.21. The number of pyridine rings is 1. The van der Waals surface area contributed by atoms with Crippen LogP contribution in [0.2, 0.25) is 0 Å². The van der Waals surface area contributed by atoms with Gasteiger partial charge in [0, 0.05) is 38.6 Å². The van der Waals surface area contributed by atoms with Crippen molar-refractivity contribution in [1.82, 2.24) is 14.8 Å². The monoisotopic (exact) mass is 339 g/mol. The maximum Gasteiger partial charge on any atom is 0.119 e. The quantitative estimate of drug-likeness (QED) is 0.737. The summed E-state index contributed by atoms with van der Waals surface area (Å²) in [6.07, 6.45) is 5.08. The zero-order valence-electron chi connectivity index (χ0n) is 15.4. The zero-order chi connectivity index (χ0) is 17.5. The van der Waals surface area contributed by atoms with Gasteiger partial charge in [0.2, 0.25) is 0 Å². The van der Waals surface area contributed by atoms with Gasteiger partial charge in [0.1, 0.15) is 5.75 Å². The first-order valence-electron chi connectivity index (χ1n) is 9.24. The summed E-state index contributed by atoms with van der Waals surface area (Å²) >= 11 is 0. The molecule has 3 rings (SSSR count). The molecule has 4 heteroatoms. The highest BCUT2D eigenvalue weighted by atomic mass is 16.5. The molecule has 1 fully saturated rings. The number of aromatic nitrogens is 1. The number of nitrogens with zero attached hydrogens (tertiary/aromatic N) is 3.